The van der Waals surface area contributed by atoms with Crippen molar-refractivity contribution < 1.29 is 4.79 Å². The summed E-state index contributed by atoms with van der Waals surface area (Å²) in [5.41, 5.74) is 2.11. The van der Waals surface area contributed by atoms with Crippen LogP contribution in [0.5, 0.6) is 0 Å². The molecule has 0 aliphatic carbocycles. The van der Waals surface area contributed by atoms with Gasteiger partial charge >= 0.3 is 0 Å². The number of nitrogens with zero attached hydrogens (tertiary/aromatic N) is 1. The molecule has 0 bridgehead atoms. The minimum Gasteiger partial charge on any atom is -0.299 e. The topological polar surface area (TPSA) is 20.3 Å². The maximum absolute atomic E-state index is 11.3. The van der Waals surface area contributed by atoms with E-state index in [0.717, 1.165) is 12.1 Å². The smallest absolute Gasteiger partial charge is 0.159 e. The van der Waals surface area contributed by atoms with Crippen LogP contribution in [0, 0.1) is 0 Å². The molecular formula is C13H17NO. The van der Waals surface area contributed by atoms with Crippen molar-refractivity contribution in [1.29, 1.82) is 0 Å². The van der Waals surface area contributed by atoms with E-state index in [-0.39, 0.29) is 5.78 Å². The van der Waals surface area contributed by atoms with E-state index in [9.17, 15) is 4.79 Å². The van der Waals surface area contributed by atoms with Crippen LogP contribution in [0.3, 0.4) is 0 Å². The third-order valence-electron chi connectivity index (χ3n) is 3.20. The van der Waals surface area contributed by atoms with Crippen molar-refractivity contribution >= 4 is 5.78 Å². The molecule has 1 aromatic carbocycles. The zero-order chi connectivity index (χ0) is 10.8. The van der Waals surface area contributed by atoms with Gasteiger partial charge in [-0.05, 0) is 45.0 Å². The van der Waals surface area contributed by atoms with E-state index in [4.69, 9.17) is 0 Å². The van der Waals surface area contributed by atoms with E-state index < -0.39 is 0 Å². The first kappa shape index (κ1) is 10.4. The first-order valence-electron chi connectivity index (χ1n) is 5.49. The van der Waals surface area contributed by atoms with Gasteiger partial charge in [0.1, 0.15) is 0 Å². The molecule has 0 saturated carbocycles. The van der Waals surface area contributed by atoms with Crippen LogP contribution in [0.25, 0.3) is 0 Å². The molecule has 2 nitrogen and oxygen atoms in total. The maximum atomic E-state index is 11.3. The van der Waals surface area contributed by atoms with Crippen LogP contribution >= 0.6 is 0 Å². The third-order valence-corrected chi connectivity index (χ3v) is 3.20. The predicted molar refractivity (Wildman–Crippen MR) is 61.1 cm³/mol. The lowest BCUT2D eigenvalue weighted by atomic mass is 10.0. The molecule has 1 aliphatic heterocycles. The van der Waals surface area contributed by atoms with Crippen LogP contribution < -0.4 is 0 Å². The second-order valence-electron chi connectivity index (χ2n) is 4.32. The van der Waals surface area contributed by atoms with Crippen molar-refractivity contribution in [2.24, 2.45) is 0 Å². The molecule has 2 heteroatoms. The molecule has 0 spiro atoms. The van der Waals surface area contributed by atoms with Gasteiger partial charge in [-0.2, -0.15) is 0 Å². The van der Waals surface area contributed by atoms with Crippen molar-refractivity contribution in [3.8, 4) is 0 Å². The third kappa shape index (κ3) is 2.10. The minimum atomic E-state index is 0.150. The van der Waals surface area contributed by atoms with Crippen molar-refractivity contribution in [2.45, 2.75) is 25.8 Å². The van der Waals surface area contributed by atoms with Crippen LogP contribution in [0.4, 0.5) is 0 Å². The van der Waals surface area contributed by atoms with Gasteiger partial charge in [-0.1, -0.05) is 18.2 Å². The Morgan fingerprint density at radius 1 is 1.47 bits per heavy atom. The molecule has 1 atom stereocenters. The summed E-state index contributed by atoms with van der Waals surface area (Å²) in [6.07, 6.45) is 2.46. The number of Topliss-reactive ketones (excluding diaryl/α,β-unsaturated/α-hetero) is 1. The van der Waals surface area contributed by atoms with E-state index >= 15 is 0 Å². The fraction of sp³-hybridized carbons (Fsp3) is 0.462. The van der Waals surface area contributed by atoms with Crippen LogP contribution in [-0.4, -0.2) is 24.3 Å². The fourth-order valence-electron chi connectivity index (χ4n) is 2.30. The fourth-order valence-corrected chi connectivity index (χ4v) is 2.30. The Labute approximate surface area is 90.9 Å². The highest BCUT2D eigenvalue weighted by atomic mass is 16.1. The van der Waals surface area contributed by atoms with E-state index in [0.29, 0.717) is 6.04 Å². The van der Waals surface area contributed by atoms with Crippen molar-refractivity contribution in [3.63, 3.8) is 0 Å². The molecule has 1 heterocycles. The zero-order valence-corrected chi connectivity index (χ0v) is 9.36. The van der Waals surface area contributed by atoms with Crippen molar-refractivity contribution in [1.82, 2.24) is 4.90 Å². The SMILES string of the molecule is CC(=O)c1cccc(C2CCCN2C)c1. The van der Waals surface area contributed by atoms with Gasteiger partial charge in [-0.15, -0.1) is 0 Å². The molecule has 0 N–H and O–H groups in total. The number of hydrogen-bond donors (Lipinski definition) is 0. The Hall–Kier alpha value is -1.15. The van der Waals surface area contributed by atoms with Crippen molar-refractivity contribution in [3.05, 3.63) is 35.4 Å². The van der Waals surface area contributed by atoms with Gasteiger partial charge in [0, 0.05) is 11.6 Å². The Kier molecular flexibility index (Phi) is 2.87. The number of rotatable bonds is 2. The van der Waals surface area contributed by atoms with Gasteiger partial charge in [0.05, 0.1) is 0 Å². The number of carbonyl (C=O) groups excluding carboxylic acids is 1. The molecule has 80 valence electrons. The molecule has 1 saturated heterocycles. The highest BCUT2D eigenvalue weighted by Crippen LogP contribution is 2.30. The lowest BCUT2D eigenvalue weighted by Crippen LogP contribution is -2.17. The number of ketones is 1. The van der Waals surface area contributed by atoms with E-state index in [1.54, 1.807) is 6.92 Å². The number of carbonyl (C=O) groups is 1. The minimum absolute atomic E-state index is 0.150. The molecule has 0 aromatic heterocycles. The molecule has 0 amide bonds. The lowest BCUT2D eigenvalue weighted by molar-refractivity contribution is 0.101. The van der Waals surface area contributed by atoms with E-state index in [1.807, 2.05) is 18.2 Å². The van der Waals surface area contributed by atoms with Crippen LogP contribution in [0.15, 0.2) is 24.3 Å². The average molecular weight is 203 g/mol. The number of likely N-dealkylation sites (tertiary alicyclic amines) is 1. The van der Waals surface area contributed by atoms with Gasteiger partial charge in [0.2, 0.25) is 0 Å². The summed E-state index contributed by atoms with van der Waals surface area (Å²) < 4.78 is 0. The summed E-state index contributed by atoms with van der Waals surface area (Å²) >= 11 is 0. The quantitative estimate of drug-likeness (QED) is 0.689. The molecule has 15 heavy (non-hydrogen) atoms. The normalized spacial score (nSPS) is 21.9. The summed E-state index contributed by atoms with van der Waals surface area (Å²) in [7, 11) is 2.15. The highest BCUT2D eigenvalue weighted by Gasteiger charge is 2.22. The first-order valence-corrected chi connectivity index (χ1v) is 5.49. The molecular weight excluding hydrogens is 186 g/mol. The summed E-state index contributed by atoms with van der Waals surface area (Å²) in [5, 5.41) is 0. The van der Waals surface area contributed by atoms with E-state index in [1.165, 1.54) is 18.4 Å². The molecule has 0 radical (unpaired) electrons. The summed E-state index contributed by atoms with van der Waals surface area (Å²) in [5.74, 6) is 0.150. The van der Waals surface area contributed by atoms with Crippen molar-refractivity contribution in [2.75, 3.05) is 13.6 Å². The van der Waals surface area contributed by atoms with Gasteiger partial charge < -0.3 is 0 Å². The number of benzene rings is 1. The zero-order valence-electron chi connectivity index (χ0n) is 9.36. The molecule has 1 unspecified atom stereocenters. The molecule has 2 rings (SSSR count). The Balaban J connectivity index is 2.28. The Morgan fingerprint density at radius 2 is 2.27 bits per heavy atom. The summed E-state index contributed by atoms with van der Waals surface area (Å²) in [6.45, 7) is 2.78. The second-order valence-corrected chi connectivity index (χ2v) is 4.32. The monoisotopic (exact) mass is 203 g/mol. The molecule has 1 aliphatic rings. The van der Waals surface area contributed by atoms with Gasteiger partial charge in [-0.25, -0.2) is 0 Å². The van der Waals surface area contributed by atoms with Crippen LogP contribution in [0.2, 0.25) is 0 Å². The largest absolute Gasteiger partial charge is 0.299 e. The van der Waals surface area contributed by atoms with E-state index in [2.05, 4.69) is 18.0 Å². The Bertz CT molecular complexity index is 373. The highest BCUT2D eigenvalue weighted by molar-refractivity contribution is 5.94. The van der Waals surface area contributed by atoms with Gasteiger partial charge in [0.15, 0.2) is 5.78 Å². The second kappa shape index (κ2) is 4.15. The predicted octanol–water partition coefficient (Wildman–Crippen LogP) is 2.66. The Morgan fingerprint density at radius 3 is 2.87 bits per heavy atom. The first-order chi connectivity index (χ1) is 7.18. The lowest BCUT2D eigenvalue weighted by Gasteiger charge is -2.20. The van der Waals surface area contributed by atoms with Gasteiger partial charge in [-0.3, -0.25) is 9.69 Å². The molecule has 1 fully saturated rings. The number of hydrogen-bond acceptors (Lipinski definition) is 2. The summed E-state index contributed by atoms with van der Waals surface area (Å²) in [6, 6.07) is 8.54. The summed E-state index contributed by atoms with van der Waals surface area (Å²) in [4.78, 5) is 13.6. The maximum Gasteiger partial charge on any atom is 0.159 e. The van der Waals surface area contributed by atoms with Gasteiger partial charge in [0.25, 0.3) is 0 Å². The van der Waals surface area contributed by atoms with Crippen LogP contribution in [0.1, 0.15) is 41.7 Å². The average Bonchev–Trinajstić information content (AvgIpc) is 2.64. The standard InChI is InChI=1S/C13H17NO/c1-10(15)11-5-3-6-12(9-11)13-7-4-8-14(13)2/h3,5-6,9,13H,4,7-8H2,1-2H3. The van der Waals surface area contributed by atoms with Crippen LogP contribution in [-0.2, 0) is 0 Å². The molecule has 1 aromatic rings.